The minimum atomic E-state index is -1.11. The molecule has 2 aromatic carbocycles. The van der Waals surface area contributed by atoms with E-state index < -0.39 is 5.60 Å². The van der Waals surface area contributed by atoms with Crippen LogP contribution in [0.2, 0.25) is 0 Å². The van der Waals surface area contributed by atoms with E-state index in [1.54, 1.807) is 20.3 Å². The molecule has 0 radical (unpaired) electrons. The Hall–Kier alpha value is -2.11. The second kappa shape index (κ2) is 9.14. The fraction of sp³-hybridized carbons (Fsp3) is 0.500. The Labute approximate surface area is 173 Å². The standard InChI is InChI=1S/C24H32FNO3/c1-26(2)16-19-13-18(12-17-6-5-7-21(14-17)28-3)10-11-24(19,27)22-15-20(25)8-9-23(22)29-4/h5-9,14-15,18-19,27H,10-13,16H2,1-4H3. The maximum atomic E-state index is 14.0. The van der Waals surface area contributed by atoms with E-state index in [2.05, 4.69) is 17.0 Å². The van der Waals surface area contributed by atoms with Gasteiger partial charge >= 0.3 is 0 Å². The predicted octanol–water partition coefficient (Wildman–Crippen LogP) is 4.25. The summed E-state index contributed by atoms with van der Waals surface area (Å²) < 4.78 is 24.9. The third-order valence-electron chi connectivity index (χ3n) is 6.10. The number of methoxy groups -OCH3 is 2. The van der Waals surface area contributed by atoms with Gasteiger partial charge < -0.3 is 19.5 Å². The summed E-state index contributed by atoms with van der Waals surface area (Å²) >= 11 is 0. The van der Waals surface area contributed by atoms with Crippen LogP contribution in [-0.4, -0.2) is 44.9 Å². The molecule has 3 atom stereocenters. The van der Waals surface area contributed by atoms with Gasteiger partial charge in [0.1, 0.15) is 17.3 Å². The van der Waals surface area contributed by atoms with Crippen LogP contribution in [0.3, 0.4) is 0 Å². The Morgan fingerprint density at radius 3 is 2.62 bits per heavy atom. The van der Waals surface area contributed by atoms with Crippen LogP contribution in [0, 0.1) is 17.7 Å². The number of benzene rings is 2. The molecular weight excluding hydrogens is 369 g/mol. The smallest absolute Gasteiger partial charge is 0.125 e. The van der Waals surface area contributed by atoms with Crippen molar-refractivity contribution in [2.45, 2.75) is 31.3 Å². The SMILES string of the molecule is COc1cccc(CC2CCC(O)(c3cc(F)ccc3OC)C(CN(C)C)C2)c1. The van der Waals surface area contributed by atoms with Crippen LogP contribution in [0.1, 0.15) is 30.4 Å². The fourth-order valence-corrected chi connectivity index (χ4v) is 4.70. The van der Waals surface area contributed by atoms with Crippen LogP contribution in [0.5, 0.6) is 11.5 Å². The van der Waals surface area contributed by atoms with E-state index in [0.29, 0.717) is 23.7 Å². The summed E-state index contributed by atoms with van der Waals surface area (Å²) in [6.45, 7) is 0.727. The zero-order chi connectivity index (χ0) is 21.0. The van der Waals surface area contributed by atoms with E-state index in [1.165, 1.54) is 17.7 Å². The monoisotopic (exact) mass is 401 g/mol. The zero-order valence-corrected chi connectivity index (χ0v) is 17.8. The van der Waals surface area contributed by atoms with Crippen molar-refractivity contribution in [1.82, 2.24) is 4.90 Å². The van der Waals surface area contributed by atoms with Gasteiger partial charge in [-0.3, -0.25) is 0 Å². The number of aliphatic hydroxyl groups is 1. The van der Waals surface area contributed by atoms with Crippen molar-refractivity contribution in [2.75, 3.05) is 34.9 Å². The first-order valence-electron chi connectivity index (χ1n) is 10.2. The molecule has 1 N–H and O–H groups in total. The molecule has 0 bridgehead atoms. The molecule has 0 amide bonds. The van der Waals surface area contributed by atoms with Gasteiger partial charge in [0.25, 0.3) is 0 Å². The molecule has 29 heavy (non-hydrogen) atoms. The number of ether oxygens (including phenoxy) is 2. The molecule has 3 unspecified atom stereocenters. The molecule has 0 aromatic heterocycles. The molecule has 3 rings (SSSR count). The first-order chi connectivity index (χ1) is 13.9. The second-order valence-corrected chi connectivity index (χ2v) is 8.42. The van der Waals surface area contributed by atoms with E-state index in [1.807, 2.05) is 26.2 Å². The molecule has 1 aliphatic rings. The van der Waals surface area contributed by atoms with Gasteiger partial charge in [-0.1, -0.05) is 12.1 Å². The predicted molar refractivity (Wildman–Crippen MR) is 113 cm³/mol. The lowest BCUT2D eigenvalue weighted by Crippen LogP contribution is -2.45. The van der Waals surface area contributed by atoms with E-state index in [-0.39, 0.29) is 11.7 Å². The molecular formula is C24H32FNO3. The molecule has 158 valence electrons. The summed E-state index contributed by atoms with van der Waals surface area (Å²) in [7, 11) is 7.26. The molecule has 1 aliphatic carbocycles. The van der Waals surface area contributed by atoms with Crippen molar-refractivity contribution in [2.24, 2.45) is 11.8 Å². The lowest BCUT2D eigenvalue weighted by atomic mass is 9.66. The van der Waals surface area contributed by atoms with Crippen molar-refractivity contribution < 1.29 is 19.0 Å². The van der Waals surface area contributed by atoms with Gasteiger partial charge in [0.05, 0.1) is 19.8 Å². The maximum Gasteiger partial charge on any atom is 0.125 e. The van der Waals surface area contributed by atoms with E-state index in [0.717, 1.165) is 31.6 Å². The lowest BCUT2D eigenvalue weighted by Gasteiger charge is -2.45. The lowest BCUT2D eigenvalue weighted by molar-refractivity contribution is -0.0766. The normalized spacial score (nSPS) is 24.5. The molecule has 4 nitrogen and oxygen atoms in total. The van der Waals surface area contributed by atoms with Crippen LogP contribution in [0.15, 0.2) is 42.5 Å². The van der Waals surface area contributed by atoms with Crippen LogP contribution < -0.4 is 9.47 Å². The highest BCUT2D eigenvalue weighted by Gasteiger charge is 2.45. The maximum absolute atomic E-state index is 14.0. The van der Waals surface area contributed by atoms with E-state index in [4.69, 9.17) is 9.47 Å². The number of hydrogen-bond acceptors (Lipinski definition) is 4. The second-order valence-electron chi connectivity index (χ2n) is 8.42. The number of hydrogen-bond donors (Lipinski definition) is 1. The minimum absolute atomic E-state index is 0.0162. The largest absolute Gasteiger partial charge is 0.497 e. The Balaban J connectivity index is 1.86. The Kier molecular flexibility index (Phi) is 6.81. The van der Waals surface area contributed by atoms with Gasteiger partial charge in [0, 0.05) is 18.0 Å². The van der Waals surface area contributed by atoms with Gasteiger partial charge in [-0.2, -0.15) is 0 Å². The van der Waals surface area contributed by atoms with Gasteiger partial charge in [0.2, 0.25) is 0 Å². The average Bonchev–Trinajstić information content (AvgIpc) is 2.70. The number of halogens is 1. The van der Waals surface area contributed by atoms with Crippen LogP contribution in [0.25, 0.3) is 0 Å². The highest BCUT2D eigenvalue weighted by Crippen LogP contribution is 2.47. The molecule has 2 aromatic rings. The quantitative estimate of drug-likeness (QED) is 0.753. The van der Waals surface area contributed by atoms with E-state index in [9.17, 15) is 9.50 Å². The minimum Gasteiger partial charge on any atom is -0.497 e. The van der Waals surface area contributed by atoms with Crippen molar-refractivity contribution in [1.29, 1.82) is 0 Å². The molecule has 5 heteroatoms. The summed E-state index contributed by atoms with van der Waals surface area (Å²) in [6, 6.07) is 12.6. The van der Waals surface area contributed by atoms with Crippen LogP contribution in [0.4, 0.5) is 4.39 Å². The first kappa shape index (κ1) is 21.6. The van der Waals surface area contributed by atoms with Gasteiger partial charge in [-0.25, -0.2) is 4.39 Å². The molecule has 0 spiro atoms. The van der Waals surface area contributed by atoms with Crippen molar-refractivity contribution in [3.8, 4) is 11.5 Å². The van der Waals surface area contributed by atoms with E-state index >= 15 is 0 Å². The third-order valence-corrected chi connectivity index (χ3v) is 6.10. The first-order valence-corrected chi connectivity index (χ1v) is 10.2. The Bertz CT molecular complexity index is 826. The zero-order valence-electron chi connectivity index (χ0n) is 17.8. The number of nitrogens with zero attached hydrogens (tertiary/aromatic N) is 1. The number of rotatable bonds is 7. The van der Waals surface area contributed by atoms with Crippen LogP contribution >= 0.6 is 0 Å². The molecule has 1 fully saturated rings. The summed E-state index contributed by atoms with van der Waals surface area (Å²) in [5.41, 5.74) is 0.696. The highest BCUT2D eigenvalue weighted by molar-refractivity contribution is 5.39. The average molecular weight is 402 g/mol. The summed E-state index contributed by atoms with van der Waals surface area (Å²) in [5, 5.41) is 11.8. The van der Waals surface area contributed by atoms with Crippen molar-refractivity contribution in [3.63, 3.8) is 0 Å². The van der Waals surface area contributed by atoms with Crippen molar-refractivity contribution >= 4 is 0 Å². The molecule has 0 aliphatic heterocycles. The highest BCUT2D eigenvalue weighted by atomic mass is 19.1. The summed E-state index contributed by atoms with van der Waals surface area (Å²) in [6.07, 6.45) is 3.26. The van der Waals surface area contributed by atoms with Crippen molar-refractivity contribution in [3.05, 3.63) is 59.4 Å². The Morgan fingerprint density at radius 2 is 1.93 bits per heavy atom. The molecule has 0 saturated heterocycles. The van der Waals surface area contributed by atoms with Crippen LogP contribution in [-0.2, 0) is 12.0 Å². The summed E-state index contributed by atoms with van der Waals surface area (Å²) in [4.78, 5) is 2.09. The Morgan fingerprint density at radius 1 is 1.14 bits per heavy atom. The van der Waals surface area contributed by atoms with Gasteiger partial charge in [-0.05, 0) is 81.6 Å². The van der Waals surface area contributed by atoms with Gasteiger partial charge in [-0.15, -0.1) is 0 Å². The third kappa shape index (κ3) is 4.90. The molecule has 1 saturated carbocycles. The fourth-order valence-electron chi connectivity index (χ4n) is 4.70. The van der Waals surface area contributed by atoms with Gasteiger partial charge in [0.15, 0.2) is 0 Å². The topological polar surface area (TPSA) is 41.9 Å². The summed E-state index contributed by atoms with van der Waals surface area (Å²) in [5.74, 6) is 1.49. The molecule has 0 heterocycles.